The van der Waals surface area contributed by atoms with Crippen LogP contribution in [0.4, 0.5) is 14.9 Å². The van der Waals surface area contributed by atoms with Gasteiger partial charge in [-0.25, -0.2) is 22.3 Å². The molecule has 2 amide bonds. The molecule has 0 aromatic heterocycles. The molecule has 1 fully saturated rings. The summed E-state index contributed by atoms with van der Waals surface area (Å²) in [5.74, 6) is -0.186. The molecule has 0 bridgehead atoms. The Morgan fingerprint density at radius 1 is 1.07 bits per heavy atom. The minimum absolute atomic E-state index is 0.171. The van der Waals surface area contributed by atoms with E-state index < -0.39 is 10.0 Å². The summed E-state index contributed by atoms with van der Waals surface area (Å²) >= 11 is 0. The maximum absolute atomic E-state index is 12.9. The van der Waals surface area contributed by atoms with Crippen LogP contribution in [-0.2, 0) is 10.0 Å². The molecule has 0 spiro atoms. The third kappa shape index (κ3) is 6.69. The number of urea groups is 1. The number of carbonyl (C=O) groups is 1. The SMILES string of the molecule is O=C(Nc1ccc(F)cc1)N1CCC(CNS(=O)(=O)C=Cc2ccccc2)CC1. The minimum Gasteiger partial charge on any atom is -0.325 e. The number of anilines is 1. The first-order valence-electron chi connectivity index (χ1n) is 9.45. The molecule has 0 atom stereocenters. The minimum atomic E-state index is -3.51. The largest absolute Gasteiger partial charge is 0.325 e. The van der Waals surface area contributed by atoms with Crippen LogP contribution in [0.25, 0.3) is 6.08 Å². The molecule has 0 radical (unpaired) electrons. The molecule has 154 valence electrons. The van der Waals surface area contributed by atoms with Gasteiger partial charge in [-0.1, -0.05) is 30.3 Å². The second-order valence-electron chi connectivity index (χ2n) is 6.97. The maximum atomic E-state index is 12.9. The van der Waals surface area contributed by atoms with Crippen LogP contribution in [0, 0.1) is 11.7 Å². The van der Waals surface area contributed by atoms with Gasteiger partial charge in [0.15, 0.2) is 0 Å². The number of likely N-dealkylation sites (tertiary alicyclic amines) is 1. The zero-order valence-corrected chi connectivity index (χ0v) is 16.7. The van der Waals surface area contributed by atoms with Crippen molar-refractivity contribution in [3.05, 3.63) is 71.4 Å². The van der Waals surface area contributed by atoms with Crippen LogP contribution in [-0.4, -0.2) is 39.0 Å². The molecule has 3 rings (SSSR count). The molecule has 6 nitrogen and oxygen atoms in total. The zero-order valence-electron chi connectivity index (χ0n) is 15.9. The van der Waals surface area contributed by atoms with Gasteiger partial charge in [-0.05, 0) is 54.7 Å². The van der Waals surface area contributed by atoms with Gasteiger partial charge in [0.2, 0.25) is 10.0 Å². The molecule has 29 heavy (non-hydrogen) atoms. The van der Waals surface area contributed by atoms with Crippen LogP contribution in [0.5, 0.6) is 0 Å². The van der Waals surface area contributed by atoms with Crippen molar-refractivity contribution < 1.29 is 17.6 Å². The molecule has 1 aliphatic heterocycles. The molecule has 2 aromatic rings. The van der Waals surface area contributed by atoms with Gasteiger partial charge < -0.3 is 10.2 Å². The molecular formula is C21H24FN3O3S. The van der Waals surface area contributed by atoms with Crippen molar-refractivity contribution in [1.82, 2.24) is 9.62 Å². The van der Waals surface area contributed by atoms with E-state index in [9.17, 15) is 17.6 Å². The van der Waals surface area contributed by atoms with Gasteiger partial charge in [0, 0.05) is 30.7 Å². The number of amides is 2. The van der Waals surface area contributed by atoms with Crippen LogP contribution < -0.4 is 10.0 Å². The normalized spacial score (nSPS) is 15.6. The summed E-state index contributed by atoms with van der Waals surface area (Å²) < 4.78 is 39.9. The van der Waals surface area contributed by atoms with Gasteiger partial charge in [0.1, 0.15) is 5.82 Å². The van der Waals surface area contributed by atoms with Crippen LogP contribution in [0.1, 0.15) is 18.4 Å². The Morgan fingerprint density at radius 2 is 1.72 bits per heavy atom. The molecule has 2 N–H and O–H groups in total. The van der Waals surface area contributed by atoms with E-state index >= 15 is 0 Å². The topological polar surface area (TPSA) is 78.5 Å². The standard InChI is InChI=1S/C21H24FN3O3S/c22-19-6-8-20(9-7-19)24-21(26)25-13-10-18(11-14-25)16-23-29(27,28)15-12-17-4-2-1-3-5-17/h1-9,12,15,18,23H,10-11,13-14,16H2,(H,24,26). The van der Waals surface area contributed by atoms with E-state index in [0.717, 1.165) is 5.56 Å². The van der Waals surface area contributed by atoms with Crippen molar-refractivity contribution in [2.75, 3.05) is 25.0 Å². The highest BCUT2D eigenvalue weighted by Gasteiger charge is 2.23. The summed E-state index contributed by atoms with van der Waals surface area (Å²) in [6.07, 6.45) is 2.98. The van der Waals surface area contributed by atoms with Crippen LogP contribution in [0.3, 0.4) is 0 Å². The Hall–Kier alpha value is -2.71. The first-order chi connectivity index (χ1) is 13.9. The lowest BCUT2D eigenvalue weighted by Crippen LogP contribution is -2.43. The number of piperidine rings is 1. The number of hydrogen-bond acceptors (Lipinski definition) is 3. The lowest BCUT2D eigenvalue weighted by Gasteiger charge is -2.32. The van der Waals surface area contributed by atoms with E-state index in [1.54, 1.807) is 11.0 Å². The van der Waals surface area contributed by atoms with E-state index in [1.807, 2.05) is 30.3 Å². The number of nitrogens with one attached hydrogen (secondary N) is 2. The lowest BCUT2D eigenvalue weighted by molar-refractivity contribution is 0.183. The third-order valence-corrected chi connectivity index (χ3v) is 5.87. The highest BCUT2D eigenvalue weighted by Crippen LogP contribution is 2.18. The number of rotatable bonds is 6. The molecule has 8 heteroatoms. The van der Waals surface area contributed by atoms with Crippen LogP contribution in [0.15, 0.2) is 60.0 Å². The van der Waals surface area contributed by atoms with E-state index in [-0.39, 0.29) is 17.8 Å². The highest BCUT2D eigenvalue weighted by atomic mass is 32.2. The summed E-state index contributed by atoms with van der Waals surface area (Å²) in [5.41, 5.74) is 1.36. The molecule has 1 saturated heterocycles. The van der Waals surface area contributed by atoms with Crippen molar-refractivity contribution in [3.8, 4) is 0 Å². The summed E-state index contributed by atoms with van der Waals surface area (Å²) in [7, 11) is -3.51. The van der Waals surface area contributed by atoms with E-state index in [4.69, 9.17) is 0 Å². The molecule has 1 aliphatic rings. The van der Waals surface area contributed by atoms with Crippen molar-refractivity contribution in [1.29, 1.82) is 0 Å². The van der Waals surface area contributed by atoms with Gasteiger partial charge in [0.25, 0.3) is 0 Å². The van der Waals surface area contributed by atoms with E-state index in [1.165, 1.54) is 29.7 Å². The Kier molecular flexibility index (Phi) is 7.00. The average Bonchev–Trinajstić information content (AvgIpc) is 2.74. The number of nitrogens with zero attached hydrogens (tertiary/aromatic N) is 1. The fourth-order valence-electron chi connectivity index (χ4n) is 3.09. The lowest BCUT2D eigenvalue weighted by atomic mass is 9.97. The van der Waals surface area contributed by atoms with Crippen molar-refractivity contribution >= 4 is 27.8 Å². The number of halogens is 1. The molecule has 1 heterocycles. The summed E-state index contributed by atoms with van der Waals surface area (Å²) in [6, 6.07) is 14.6. The average molecular weight is 418 g/mol. The maximum Gasteiger partial charge on any atom is 0.321 e. The quantitative estimate of drug-likeness (QED) is 0.753. The van der Waals surface area contributed by atoms with Gasteiger partial charge in [-0.15, -0.1) is 0 Å². The predicted octanol–water partition coefficient (Wildman–Crippen LogP) is 3.66. The zero-order chi connectivity index (χ0) is 20.7. The number of hydrogen-bond donors (Lipinski definition) is 2. The first kappa shape index (κ1) is 21.0. The number of carbonyl (C=O) groups excluding carboxylic acids is 1. The Balaban J connectivity index is 1.43. The fraction of sp³-hybridized carbons (Fsp3) is 0.286. The third-order valence-electron chi connectivity index (χ3n) is 4.81. The van der Waals surface area contributed by atoms with Crippen LogP contribution >= 0.6 is 0 Å². The van der Waals surface area contributed by atoms with Gasteiger partial charge >= 0.3 is 6.03 Å². The second kappa shape index (κ2) is 9.67. The second-order valence-corrected chi connectivity index (χ2v) is 8.63. The fourth-order valence-corrected chi connectivity index (χ4v) is 3.99. The Morgan fingerprint density at radius 3 is 2.38 bits per heavy atom. The predicted molar refractivity (Wildman–Crippen MR) is 112 cm³/mol. The van der Waals surface area contributed by atoms with Crippen molar-refractivity contribution in [2.24, 2.45) is 5.92 Å². The van der Waals surface area contributed by atoms with Gasteiger partial charge in [0.05, 0.1) is 0 Å². The highest BCUT2D eigenvalue weighted by molar-refractivity contribution is 7.92. The summed E-state index contributed by atoms with van der Waals surface area (Å²) in [6.45, 7) is 1.42. The number of sulfonamides is 1. The van der Waals surface area contributed by atoms with Gasteiger partial charge in [-0.3, -0.25) is 0 Å². The van der Waals surface area contributed by atoms with Crippen LogP contribution in [0.2, 0.25) is 0 Å². The molecule has 2 aromatic carbocycles. The van der Waals surface area contributed by atoms with Crippen molar-refractivity contribution in [2.45, 2.75) is 12.8 Å². The first-order valence-corrected chi connectivity index (χ1v) is 11.0. The molecule has 0 unspecified atom stereocenters. The molecule has 0 aliphatic carbocycles. The smallest absolute Gasteiger partial charge is 0.321 e. The Bertz CT molecular complexity index is 939. The molecule has 0 saturated carbocycles. The summed E-state index contributed by atoms with van der Waals surface area (Å²) in [4.78, 5) is 14.0. The molecular weight excluding hydrogens is 393 g/mol. The van der Waals surface area contributed by atoms with Gasteiger partial charge in [-0.2, -0.15) is 0 Å². The monoisotopic (exact) mass is 417 g/mol. The van der Waals surface area contributed by atoms with Crippen molar-refractivity contribution in [3.63, 3.8) is 0 Å². The Labute approximate surface area is 170 Å². The van der Waals surface area contributed by atoms with E-state index in [0.29, 0.717) is 38.2 Å². The van der Waals surface area contributed by atoms with E-state index in [2.05, 4.69) is 10.0 Å². The number of benzene rings is 2. The summed E-state index contributed by atoms with van der Waals surface area (Å²) in [5, 5.41) is 3.92.